The molecule has 1 aliphatic carbocycles. The van der Waals surface area contributed by atoms with Gasteiger partial charge in [0, 0.05) is 0 Å². The maximum absolute atomic E-state index is 8.71. The molecule has 0 atom stereocenters. The maximum atomic E-state index is 8.71. The highest BCUT2D eigenvalue weighted by molar-refractivity contribution is 5.39. The van der Waals surface area contributed by atoms with Crippen molar-refractivity contribution in [3.63, 3.8) is 0 Å². The molecule has 1 aromatic carbocycles. The minimum atomic E-state index is 0.771. The number of aryl methyl sites for hydroxylation is 1. The lowest BCUT2D eigenvalue weighted by atomic mass is 9.78. The first-order valence-electron chi connectivity index (χ1n) is 4.82. The molecule has 0 aliphatic heterocycles. The van der Waals surface area contributed by atoms with Gasteiger partial charge < -0.3 is 0 Å². The van der Waals surface area contributed by atoms with E-state index in [1.165, 1.54) is 30.4 Å². The van der Waals surface area contributed by atoms with E-state index < -0.39 is 0 Å². The molecule has 13 heavy (non-hydrogen) atoms. The first-order chi connectivity index (χ1) is 6.31. The topological polar surface area (TPSA) is 23.8 Å². The predicted molar refractivity (Wildman–Crippen MR) is 52.5 cm³/mol. The molecule has 1 fully saturated rings. The Balaban J connectivity index is 2.32. The smallest absolute Gasteiger partial charge is 0.0991 e. The summed E-state index contributed by atoms with van der Waals surface area (Å²) < 4.78 is 0. The zero-order valence-corrected chi connectivity index (χ0v) is 7.88. The Bertz CT molecular complexity index is 356. The van der Waals surface area contributed by atoms with Gasteiger partial charge >= 0.3 is 0 Å². The highest BCUT2D eigenvalue weighted by Gasteiger charge is 2.20. The van der Waals surface area contributed by atoms with Gasteiger partial charge in [0.15, 0.2) is 0 Å². The second-order valence-electron chi connectivity index (χ2n) is 3.81. The van der Waals surface area contributed by atoms with Gasteiger partial charge in [-0.1, -0.05) is 12.5 Å². The molecule has 0 unspecified atom stereocenters. The monoisotopic (exact) mass is 171 g/mol. The van der Waals surface area contributed by atoms with Gasteiger partial charge in [-0.2, -0.15) is 5.26 Å². The molecular formula is C12H13N. The van der Waals surface area contributed by atoms with Crippen molar-refractivity contribution in [3.8, 4) is 6.07 Å². The minimum absolute atomic E-state index is 0.771. The van der Waals surface area contributed by atoms with E-state index in [0.29, 0.717) is 0 Å². The first-order valence-corrected chi connectivity index (χ1v) is 4.82. The fourth-order valence-corrected chi connectivity index (χ4v) is 1.92. The summed E-state index contributed by atoms with van der Waals surface area (Å²) in [5, 5.41) is 8.71. The molecule has 1 saturated carbocycles. The third-order valence-corrected chi connectivity index (χ3v) is 2.94. The summed E-state index contributed by atoms with van der Waals surface area (Å²) in [7, 11) is 0. The van der Waals surface area contributed by atoms with E-state index in [2.05, 4.69) is 19.1 Å². The van der Waals surface area contributed by atoms with Gasteiger partial charge in [0.1, 0.15) is 0 Å². The van der Waals surface area contributed by atoms with Crippen LogP contribution in [-0.4, -0.2) is 0 Å². The molecule has 0 saturated heterocycles. The summed E-state index contributed by atoms with van der Waals surface area (Å²) in [5.74, 6) is 0.771. The van der Waals surface area contributed by atoms with Crippen LogP contribution in [0.25, 0.3) is 0 Å². The van der Waals surface area contributed by atoms with Gasteiger partial charge in [-0.3, -0.25) is 0 Å². The number of hydrogen-bond donors (Lipinski definition) is 0. The lowest BCUT2D eigenvalue weighted by Gasteiger charge is -2.27. The van der Waals surface area contributed by atoms with Crippen molar-refractivity contribution in [1.82, 2.24) is 0 Å². The SMILES string of the molecule is Cc1cc(C#N)ccc1C1CCC1. The molecule has 1 heteroatoms. The highest BCUT2D eigenvalue weighted by Crippen LogP contribution is 2.37. The Hall–Kier alpha value is -1.29. The molecular weight excluding hydrogens is 158 g/mol. The molecule has 0 heterocycles. The fraction of sp³-hybridized carbons (Fsp3) is 0.417. The van der Waals surface area contributed by atoms with Gasteiger partial charge in [0.2, 0.25) is 0 Å². The van der Waals surface area contributed by atoms with Crippen LogP contribution in [0, 0.1) is 18.3 Å². The third-order valence-electron chi connectivity index (χ3n) is 2.94. The van der Waals surface area contributed by atoms with Crippen LogP contribution in [0.3, 0.4) is 0 Å². The number of benzene rings is 1. The van der Waals surface area contributed by atoms with Crippen LogP contribution < -0.4 is 0 Å². The van der Waals surface area contributed by atoms with Crippen molar-refractivity contribution in [3.05, 3.63) is 34.9 Å². The molecule has 0 aromatic heterocycles. The van der Waals surface area contributed by atoms with E-state index in [9.17, 15) is 0 Å². The maximum Gasteiger partial charge on any atom is 0.0991 e. The molecule has 0 spiro atoms. The molecule has 0 amide bonds. The Morgan fingerprint density at radius 2 is 2.15 bits per heavy atom. The number of nitriles is 1. The second kappa shape index (κ2) is 3.22. The molecule has 1 aromatic rings. The van der Waals surface area contributed by atoms with Gasteiger partial charge in [0.25, 0.3) is 0 Å². The van der Waals surface area contributed by atoms with Gasteiger partial charge in [-0.05, 0) is 48.9 Å². The van der Waals surface area contributed by atoms with Crippen LogP contribution in [0.2, 0.25) is 0 Å². The van der Waals surface area contributed by atoms with Crippen molar-refractivity contribution in [2.75, 3.05) is 0 Å². The first kappa shape index (κ1) is 8.31. The second-order valence-corrected chi connectivity index (χ2v) is 3.81. The van der Waals surface area contributed by atoms with Crippen molar-refractivity contribution < 1.29 is 0 Å². The van der Waals surface area contributed by atoms with Gasteiger partial charge in [-0.25, -0.2) is 0 Å². The summed E-state index contributed by atoms with van der Waals surface area (Å²) >= 11 is 0. The Labute approximate surface area is 79.0 Å². The van der Waals surface area contributed by atoms with Crippen LogP contribution in [0.5, 0.6) is 0 Å². The average molecular weight is 171 g/mol. The van der Waals surface area contributed by atoms with Crippen molar-refractivity contribution >= 4 is 0 Å². The van der Waals surface area contributed by atoms with Crippen LogP contribution in [0.15, 0.2) is 18.2 Å². The summed E-state index contributed by atoms with van der Waals surface area (Å²) in [6, 6.07) is 8.22. The van der Waals surface area contributed by atoms with Crippen molar-refractivity contribution in [2.24, 2.45) is 0 Å². The molecule has 66 valence electrons. The molecule has 2 rings (SSSR count). The summed E-state index contributed by atoms with van der Waals surface area (Å²) in [4.78, 5) is 0. The van der Waals surface area contributed by atoms with Gasteiger partial charge in [-0.15, -0.1) is 0 Å². The van der Waals surface area contributed by atoms with E-state index in [0.717, 1.165) is 11.5 Å². The largest absolute Gasteiger partial charge is 0.192 e. The van der Waals surface area contributed by atoms with Crippen LogP contribution in [0.4, 0.5) is 0 Å². The van der Waals surface area contributed by atoms with Gasteiger partial charge in [0.05, 0.1) is 11.6 Å². The number of nitrogens with zero attached hydrogens (tertiary/aromatic N) is 1. The summed E-state index contributed by atoms with van der Waals surface area (Å²) in [6.07, 6.45) is 4.02. The third kappa shape index (κ3) is 1.45. The molecule has 0 N–H and O–H groups in total. The molecule has 1 nitrogen and oxygen atoms in total. The van der Waals surface area contributed by atoms with E-state index >= 15 is 0 Å². The van der Waals surface area contributed by atoms with E-state index in [-0.39, 0.29) is 0 Å². The standard InChI is InChI=1S/C12H13N/c1-9-7-10(8-13)5-6-12(9)11-3-2-4-11/h5-7,11H,2-4H2,1H3. The number of hydrogen-bond acceptors (Lipinski definition) is 1. The summed E-state index contributed by atoms with van der Waals surface area (Å²) in [6.45, 7) is 2.11. The highest BCUT2D eigenvalue weighted by atomic mass is 14.3. The predicted octanol–water partition coefficient (Wildman–Crippen LogP) is 3.13. The lowest BCUT2D eigenvalue weighted by Crippen LogP contribution is -2.10. The van der Waals surface area contributed by atoms with Crippen molar-refractivity contribution in [2.45, 2.75) is 32.1 Å². The van der Waals surface area contributed by atoms with Crippen molar-refractivity contribution in [1.29, 1.82) is 5.26 Å². The quantitative estimate of drug-likeness (QED) is 0.636. The van der Waals surface area contributed by atoms with Crippen LogP contribution in [-0.2, 0) is 0 Å². The summed E-state index contributed by atoms with van der Waals surface area (Å²) in [5.41, 5.74) is 3.51. The van der Waals surface area contributed by atoms with Crippen LogP contribution in [0.1, 0.15) is 41.9 Å². The van der Waals surface area contributed by atoms with E-state index in [1.54, 1.807) is 0 Å². The Kier molecular flexibility index (Phi) is 2.06. The molecule has 0 radical (unpaired) electrons. The normalized spacial score (nSPS) is 16.3. The zero-order valence-electron chi connectivity index (χ0n) is 7.88. The fourth-order valence-electron chi connectivity index (χ4n) is 1.92. The van der Waals surface area contributed by atoms with E-state index in [1.807, 2.05) is 12.1 Å². The Morgan fingerprint density at radius 3 is 2.62 bits per heavy atom. The van der Waals surface area contributed by atoms with Crippen LogP contribution >= 0.6 is 0 Å². The number of rotatable bonds is 1. The lowest BCUT2D eigenvalue weighted by molar-refractivity contribution is 0.418. The molecule has 0 bridgehead atoms. The minimum Gasteiger partial charge on any atom is -0.192 e. The average Bonchev–Trinajstić information content (AvgIpc) is 2.05. The van der Waals surface area contributed by atoms with E-state index in [4.69, 9.17) is 5.26 Å². The molecule has 1 aliphatic rings. The zero-order chi connectivity index (χ0) is 9.26. The Morgan fingerprint density at radius 1 is 1.38 bits per heavy atom.